The van der Waals surface area contributed by atoms with E-state index < -0.39 is 5.60 Å². The van der Waals surface area contributed by atoms with Gasteiger partial charge in [-0.1, -0.05) is 0 Å². The number of hydrogen-bond acceptors (Lipinski definition) is 3. The van der Waals surface area contributed by atoms with E-state index in [1.807, 2.05) is 20.8 Å². The summed E-state index contributed by atoms with van der Waals surface area (Å²) in [6.45, 7) is 7.56. The molecule has 0 aliphatic carbocycles. The Morgan fingerprint density at radius 2 is 2.07 bits per heavy atom. The Kier molecular flexibility index (Phi) is 5.38. The van der Waals surface area contributed by atoms with E-state index in [1.54, 1.807) is 0 Å². The summed E-state index contributed by atoms with van der Waals surface area (Å²) in [5, 5.41) is 2.86. The van der Waals surface area contributed by atoms with E-state index in [1.165, 1.54) is 0 Å². The van der Waals surface area contributed by atoms with Gasteiger partial charge in [-0.25, -0.2) is 4.79 Å². The molecule has 1 amide bonds. The van der Waals surface area contributed by atoms with Crippen LogP contribution in [0.2, 0.25) is 0 Å². The minimum atomic E-state index is -0.408. The maximum Gasteiger partial charge on any atom is 0.407 e. The van der Waals surface area contributed by atoms with Crippen molar-refractivity contribution in [1.29, 1.82) is 0 Å². The van der Waals surface area contributed by atoms with Gasteiger partial charge in [0.1, 0.15) is 5.60 Å². The molecule has 0 bridgehead atoms. The first-order valence-electron chi connectivity index (χ1n) is 5.05. The summed E-state index contributed by atoms with van der Waals surface area (Å²) in [5.74, 6) is 0. The maximum atomic E-state index is 11.4. The highest BCUT2D eigenvalue weighted by molar-refractivity contribution is 5.85. The monoisotopic (exact) mass is 236 g/mol. The maximum absolute atomic E-state index is 11.4. The van der Waals surface area contributed by atoms with Crippen LogP contribution in [0.4, 0.5) is 4.79 Å². The zero-order valence-corrected chi connectivity index (χ0v) is 10.7. The number of carbonyl (C=O) groups is 1. The number of carbonyl (C=O) groups excluding carboxylic acids is 1. The van der Waals surface area contributed by atoms with Crippen molar-refractivity contribution in [2.75, 3.05) is 20.1 Å². The van der Waals surface area contributed by atoms with Crippen molar-refractivity contribution in [3.63, 3.8) is 0 Å². The molecule has 0 aromatic heterocycles. The molecule has 1 N–H and O–H groups in total. The van der Waals surface area contributed by atoms with E-state index in [-0.39, 0.29) is 24.5 Å². The number of rotatable bonds is 1. The van der Waals surface area contributed by atoms with E-state index >= 15 is 0 Å². The Morgan fingerprint density at radius 1 is 1.47 bits per heavy atom. The molecule has 1 fully saturated rings. The number of amides is 1. The van der Waals surface area contributed by atoms with E-state index in [2.05, 4.69) is 17.3 Å². The molecule has 0 aromatic rings. The number of nitrogens with zero attached hydrogens (tertiary/aromatic N) is 1. The molecule has 90 valence electrons. The first-order chi connectivity index (χ1) is 6.37. The zero-order valence-electron chi connectivity index (χ0n) is 9.87. The summed E-state index contributed by atoms with van der Waals surface area (Å²) in [7, 11) is 2.05. The number of alkyl carbamates (subject to hydrolysis) is 1. The lowest BCUT2D eigenvalue weighted by molar-refractivity contribution is 0.0506. The Balaban J connectivity index is 0.00000196. The minimum Gasteiger partial charge on any atom is -0.444 e. The predicted octanol–water partition coefficient (Wildman–Crippen LogP) is 1.64. The molecule has 1 saturated heterocycles. The van der Waals surface area contributed by atoms with E-state index in [0.717, 1.165) is 19.5 Å². The average molecular weight is 237 g/mol. The second-order valence-corrected chi connectivity index (χ2v) is 4.89. The van der Waals surface area contributed by atoms with Gasteiger partial charge in [-0.3, -0.25) is 0 Å². The van der Waals surface area contributed by atoms with Crippen LogP contribution in [0.15, 0.2) is 0 Å². The van der Waals surface area contributed by atoms with Crippen molar-refractivity contribution in [1.82, 2.24) is 10.2 Å². The number of halogens is 1. The number of ether oxygens (including phenoxy) is 1. The number of nitrogens with one attached hydrogen (secondary N) is 1. The molecular formula is C10H21ClN2O2. The average Bonchev–Trinajstić information content (AvgIpc) is 2.30. The molecule has 1 aliphatic rings. The first kappa shape index (κ1) is 14.5. The second kappa shape index (κ2) is 5.56. The quantitative estimate of drug-likeness (QED) is 0.753. The van der Waals surface area contributed by atoms with Crippen molar-refractivity contribution in [2.24, 2.45) is 0 Å². The zero-order chi connectivity index (χ0) is 10.8. The predicted molar refractivity (Wildman–Crippen MR) is 62.5 cm³/mol. The second-order valence-electron chi connectivity index (χ2n) is 4.89. The van der Waals surface area contributed by atoms with E-state index in [9.17, 15) is 4.79 Å². The summed E-state index contributed by atoms with van der Waals surface area (Å²) >= 11 is 0. The van der Waals surface area contributed by atoms with E-state index in [4.69, 9.17) is 4.74 Å². The standard InChI is InChI=1S/C10H20N2O2.ClH/c1-10(2,3)14-9(13)11-8-5-6-12(4)7-8;/h8H,5-7H2,1-4H3,(H,11,13);1H/t8-;/m0./s1. The van der Waals surface area contributed by atoms with Gasteiger partial charge < -0.3 is 15.0 Å². The molecule has 0 saturated carbocycles. The molecule has 4 nitrogen and oxygen atoms in total. The van der Waals surface area contributed by atoms with Crippen LogP contribution >= 0.6 is 12.4 Å². The third-order valence-corrected chi connectivity index (χ3v) is 2.11. The highest BCUT2D eigenvalue weighted by Gasteiger charge is 2.23. The highest BCUT2D eigenvalue weighted by Crippen LogP contribution is 2.09. The van der Waals surface area contributed by atoms with Gasteiger partial charge in [0.15, 0.2) is 0 Å². The fourth-order valence-corrected chi connectivity index (χ4v) is 1.53. The lowest BCUT2D eigenvalue weighted by atomic mass is 10.2. The largest absolute Gasteiger partial charge is 0.444 e. The van der Waals surface area contributed by atoms with Gasteiger partial charge in [0.2, 0.25) is 0 Å². The Hall–Kier alpha value is -0.480. The number of likely N-dealkylation sites (tertiary alicyclic amines) is 1. The van der Waals surface area contributed by atoms with Gasteiger partial charge in [-0.2, -0.15) is 0 Å². The SMILES string of the molecule is CN1CC[C@H](NC(=O)OC(C)(C)C)C1.Cl. The summed E-state index contributed by atoms with van der Waals surface area (Å²) in [4.78, 5) is 13.6. The smallest absolute Gasteiger partial charge is 0.407 e. The van der Waals surface area contributed by atoms with Crippen molar-refractivity contribution >= 4 is 18.5 Å². The molecule has 5 heteroatoms. The molecule has 1 aliphatic heterocycles. The Labute approximate surface area is 97.8 Å². The molecule has 0 spiro atoms. The van der Waals surface area contributed by atoms with Gasteiger partial charge in [-0.15, -0.1) is 12.4 Å². The van der Waals surface area contributed by atoms with Crippen LogP contribution in [0, 0.1) is 0 Å². The number of likely N-dealkylation sites (N-methyl/N-ethyl adjacent to an activating group) is 1. The molecular weight excluding hydrogens is 216 g/mol. The molecule has 0 radical (unpaired) electrons. The van der Waals surface area contributed by atoms with Gasteiger partial charge >= 0.3 is 6.09 Å². The van der Waals surface area contributed by atoms with Crippen LogP contribution < -0.4 is 5.32 Å². The van der Waals surface area contributed by atoms with Gasteiger partial charge in [0.25, 0.3) is 0 Å². The van der Waals surface area contributed by atoms with Crippen molar-refractivity contribution in [3.05, 3.63) is 0 Å². The first-order valence-corrected chi connectivity index (χ1v) is 5.05. The third-order valence-electron chi connectivity index (χ3n) is 2.11. The van der Waals surface area contributed by atoms with Gasteiger partial charge in [0.05, 0.1) is 0 Å². The highest BCUT2D eigenvalue weighted by atomic mass is 35.5. The van der Waals surface area contributed by atoms with E-state index in [0.29, 0.717) is 0 Å². The summed E-state index contributed by atoms with van der Waals surface area (Å²) in [5.41, 5.74) is -0.408. The Bertz CT molecular complexity index is 216. The van der Waals surface area contributed by atoms with Crippen LogP contribution in [0.3, 0.4) is 0 Å². The molecule has 1 atom stereocenters. The lowest BCUT2D eigenvalue weighted by Crippen LogP contribution is -2.40. The van der Waals surface area contributed by atoms with Gasteiger partial charge in [-0.05, 0) is 40.8 Å². The normalized spacial score (nSPS) is 22.0. The topological polar surface area (TPSA) is 41.6 Å². The van der Waals surface area contributed by atoms with Gasteiger partial charge in [0, 0.05) is 12.6 Å². The lowest BCUT2D eigenvalue weighted by Gasteiger charge is -2.21. The molecule has 1 heterocycles. The van der Waals surface area contributed by atoms with Crippen LogP contribution in [-0.4, -0.2) is 42.8 Å². The molecule has 15 heavy (non-hydrogen) atoms. The molecule has 0 unspecified atom stereocenters. The fraction of sp³-hybridized carbons (Fsp3) is 0.900. The summed E-state index contributed by atoms with van der Waals surface area (Å²) < 4.78 is 5.17. The van der Waals surface area contributed by atoms with Crippen LogP contribution in [0.25, 0.3) is 0 Å². The third kappa shape index (κ3) is 5.85. The van der Waals surface area contributed by atoms with Crippen LogP contribution in [0.1, 0.15) is 27.2 Å². The van der Waals surface area contributed by atoms with Crippen molar-refractivity contribution in [2.45, 2.75) is 38.8 Å². The minimum absolute atomic E-state index is 0. The summed E-state index contributed by atoms with van der Waals surface area (Å²) in [6, 6.07) is 0.245. The summed E-state index contributed by atoms with van der Waals surface area (Å²) in [6.07, 6.45) is 0.702. The van der Waals surface area contributed by atoms with Crippen LogP contribution in [-0.2, 0) is 4.74 Å². The Morgan fingerprint density at radius 3 is 2.47 bits per heavy atom. The fourth-order valence-electron chi connectivity index (χ4n) is 1.53. The molecule has 0 aromatic carbocycles. The van der Waals surface area contributed by atoms with Crippen molar-refractivity contribution in [3.8, 4) is 0 Å². The number of hydrogen-bond donors (Lipinski definition) is 1. The molecule has 1 rings (SSSR count). The van der Waals surface area contributed by atoms with Crippen molar-refractivity contribution < 1.29 is 9.53 Å². The van der Waals surface area contributed by atoms with Crippen LogP contribution in [0.5, 0.6) is 0 Å².